The second-order valence-electron chi connectivity index (χ2n) is 6.29. The molecule has 4 rings (SSSR count). The summed E-state index contributed by atoms with van der Waals surface area (Å²) >= 11 is 0. The second-order valence-corrected chi connectivity index (χ2v) is 6.29. The van der Waals surface area contributed by atoms with E-state index in [9.17, 15) is 5.26 Å². The number of hydrogen-bond donors (Lipinski definition) is 1. The van der Waals surface area contributed by atoms with Crippen molar-refractivity contribution in [3.63, 3.8) is 0 Å². The van der Waals surface area contributed by atoms with Gasteiger partial charge < -0.3 is 9.72 Å². The number of pyridine rings is 1. The fourth-order valence-corrected chi connectivity index (χ4v) is 3.93. The summed E-state index contributed by atoms with van der Waals surface area (Å²) in [7, 11) is 0. The zero-order chi connectivity index (χ0) is 14.2. The van der Waals surface area contributed by atoms with E-state index in [1.165, 1.54) is 12.8 Å². The summed E-state index contributed by atoms with van der Waals surface area (Å²) in [5, 5.41) is 13.1. The number of likely N-dealkylation sites (tertiary alicyclic amines) is 1. The largest absolute Gasteiger partial charge is 0.322 e. The highest BCUT2D eigenvalue weighted by Crippen LogP contribution is 2.27. The average molecular weight is 280 g/mol. The number of nitriles is 1. The van der Waals surface area contributed by atoms with Crippen molar-refractivity contribution in [1.82, 2.24) is 14.6 Å². The van der Waals surface area contributed by atoms with E-state index >= 15 is 0 Å². The Morgan fingerprint density at radius 3 is 3.14 bits per heavy atom. The van der Waals surface area contributed by atoms with Crippen LogP contribution >= 0.6 is 0 Å². The van der Waals surface area contributed by atoms with Gasteiger partial charge in [0, 0.05) is 43.6 Å². The van der Waals surface area contributed by atoms with Gasteiger partial charge in [-0.15, -0.1) is 0 Å². The molecule has 0 aliphatic carbocycles. The van der Waals surface area contributed by atoms with Gasteiger partial charge in [0.05, 0.1) is 11.1 Å². The normalized spacial score (nSPS) is 25.9. The molecule has 4 heterocycles. The van der Waals surface area contributed by atoms with Gasteiger partial charge in [-0.25, -0.2) is 0 Å². The maximum Gasteiger partial charge on any atom is 0.102 e. The lowest BCUT2D eigenvalue weighted by atomic mass is 9.94. The first-order valence-corrected chi connectivity index (χ1v) is 7.79. The third kappa shape index (κ3) is 2.23. The summed E-state index contributed by atoms with van der Waals surface area (Å²) in [4.78, 5) is 2.50. The highest BCUT2D eigenvalue weighted by atomic mass is 15.2. The van der Waals surface area contributed by atoms with E-state index in [0.29, 0.717) is 6.04 Å². The van der Waals surface area contributed by atoms with Crippen LogP contribution in [0.5, 0.6) is 0 Å². The molecule has 2 saturated heterocycles. The molecule has 0 saturated carbocycles. The fourth-order valence-electron chi connectivity index (χ4n) is 3.93. The number of nitrogens with zero attached hydrogens (tertiary/aromatic N) is 3. The predicted octanol–water partition coefficient (Wildman–Crippen LogP) is 1.99. The molecule has 2 fully saturated rings. The molecule has 2 aliphatic heterocycles. The molecular weight excluding hydrogens is 260 g/mol. The number of rotatable bonds is 2. The standard InChI is InChI=1S/C17H20N4/c18-8-15-14(11-21-7-2-1-5-17(15)21)10-20-9-13-4-3-6-19-16(13)12-20/h1-2,5,7,11,13,16,19H,3-4,6,9-10,12H2. The van der Waals surface area contributed by atoms with E-state index in [1.54, 1.807) is 0 Å². The molecule has 0 spiro atoms. The Labute approximate surface area is 125 Å². The van der Waals surface area contributed by atoms with E-state index in [4.69, 9.17) is 0 Å². The van der Waals surface area contributed by atoms with Crippen LogP contribution in [-0.2, 0) is 6.54 Å². The van der Waals surface area contributed by atoms with Crippen LogP contribution in [0.1, 0.15) is 24.0 Å². The zero-order valence-electron chi connectivity index (χ0n) is 12.1. The number of aromatic nitrogens is 1. The third-order valence-electron chi connectivity index (χ3n) is 4.94. The number of hydrogen-bond acceptors (Lipinski definition) is 3. The van der Waals surface area contributed by atoms with E-state index in [2.05, 4.69) is 26.9 Å². The van der Waals surface area contributed by atoms with Crippen molar-refractivity contribution in [2.75, 3.05) is 19.6 Å². The third-order valence-corrected chi connectivity index (χ3v) is 4.94. The van der Waals surface area contributed by atoms with E-state index < -0.39 is 0 Å². The molecule has 21 heavy (non-hydrogen) atoms. The predicted molar refractivity (Wildman–Crippen MR) is 81.9 cm³/mol. The molecule has 2 unspecified atom stereocenters. The van der Waals surface area contributed by atoms with Crippen LogP contribution in [0.3, 0.4) is 0 Å². The van der Waals surface area contributed by atoms with Crippen molar-refractivity contribution in [2.24, 2.45) is 5.92 Å². The van der Waals surface area contributed by atoms with Gasteiger partial charge in [-0.1, -0.05) is 6.07 Å². The first-order valence-electron chi connectivity index (χ1n) is 7.79. The lowest BCUT2D eigenvalue weighted by Gasteiger charge is -2.24. The van der Waals surface area contributed by atoms with Crippen LogP contribution in [0.25, 0.3) is 5.52 Å². The number of piperidine rings is 1. The van der Waals surface area contributed by atoms with E-state index in [1.807, 2.05) is 24.4 Å². The van der Waals surface area contributed by atoms with Gasteiger partial charge in [0.1, 0.15) is 6.07 Å². The topological polar surface area (TPSA) is 43.5 Å². The molecular formula is C17H20N4. The highest BCUT2D eigenvalue weighted by Gasteiger charge is 2.34. The van der Waals surface area contributed by atoms with Crippen molar-refractivity contribution in [3.8, 4) is 6.07 Å². The molecule has 0 amide bonds. The lowest BCUT2D eigenvalue weighted by Crippen LogP contribution is -2.40. The Bertz CT molecular complexity index is 682. The van der Waals surface area contributed by atoms with Crippen molar-refractivity contribution in [1.29, 1.82) is 5.26 Å². The molecule has 0 radical (unpaired) electrons. The molecule has 2 aromatic rings. The molecule has 0 aromatic carbocycles. The average Bonchev–Trinajstić information content (AvgIpc) is 3.06. The summed E-state index contributed by atoms with van der Waals surface area (Å²) < 4.78 is 2.06. The van der Waals surface area contributed by atoms with E-state index in [-0.39, 0.29) is 0 Å². The monoisotopic (exact) mass is 280 g/mol. The van der Waals surface area contributed by atoms with Crippen molar-refractivity contribution >= 4 is 5.52 Å². The van der Waals surface area contributed by atoms with Gasteiger partial charge >= 0.3 is 0 Å². The van der Waals surface area contributed by atoms with Crippen molar-refractivity contribution in [3.05, 3.63) is 41.7 Å². The summed E-state index contributed by atoms with van der Waals surface area (Å²) in [6, 6.07) is 9.07. The van der Waals surface area contributed by atoms with Crippen LogP contribution in [-0.4, -0.2) is 35.0 Å². The molecule has 108 valence electrons. The van der Waals surface area contributed by atoms with Crippen molar-refractivity contribution in [2.45, 2.75) is 25.4 Å². The molecule has 2 atom stereocenters. The van der Waals surface area contributed by atoms with Gasteiger partial charge in [0.25, 0.3) is 0 Å². The van der Waals surface area contributed by atoms with Crippen LogP contribution < -0.4 is 5.32 Å². The summed E-state index contributed by atoms with van der Waals surface area (Å²) in [5.41, 5.74) is 3.01. The Hall–Kier alpha value is -1.83. The fraction of sp³-hybridized carbons (Fsp3) is 0.471. The van der Waals surface area contributed by atoms with Crippen LogP contribution in [0.15, 0.2) is 30.6 Å². The molecule has 2 aliphatic rings. The number of fused-ring (bicyclic) bond motifs is 2. The van der Waals surface area contributed by atoms with Crippen LogP contribution in [0.2, 0.25) is 0 Å². The van der Waals surface area contributed by atoms with Crippen molar-refractivity contribution < 1.29 is 0 Å². The summed E-state index contributed by atoms with van der Waals surface area (Å²) in [6.07, 6.45) is 6.78. The van der Waals surface area contributed by atoms with Crippen LogP contribution in [0, 0.1) is 17.2 Å². The smallest absolute Gasteiger partial charge is 0.102 e. The van der Waals surface area contributed by atoms with Gasteiger partial charge in [-0.2, -0.15) is 5.26 Å². The molecule has 1 N–H and O–H groups in total. The van der Waals surface area contributed by atoms with Gasteiger partial charge in [0.15, 0.2) is 0 Å². The van der Waals surface area contributed by atoms with Gasteiger partial charge in [-0.05, 0) is 37.4 Å². The Balaban J connectivity index is 1.59. The highest BCUT2D eigenvalue weighted by molar-refractivity contribution is 5.65. The first-order chi connectivity index (χ1) is 10.3. The molecule has 0 bridgehead atoms. The maximum atomic E-state index is 9.49. The van der Waals surface area contributed by atoms with Gasteiger partial charge in [0.2, 0.25) is 0 Å². The quantitative estimate of drug-likeness (QED) is 0.915. The Kier molecular flexibility index (Phi) is 3.17. The SMILES string of the molecule is N#Cc1c(CN2CC3CCCNC3C2)cn2ccccc12. The first kappa shape index (κ1) is 12.9. The zero-order valence-corrected chi connectivity index (χ0v) is 12.1. The minimum atomic E-state index is 0.654. The molecule has 2 aromatic heterocycles. The Morgan fingerprint density at radius 1 is 1.33 bits per heavy atom. The van der Waals surface area contributed by atoms with Crippen LogP contribution in [0.4, 0.5) is 0 Å². The second kappa shape index (κ2) is 5.18. The minimum absolute atomic E-state index is 0.654. The van der Waals surface area contributed by atoms with E-state index in [0.717, 1.165) is 48.7 Å². The summed E-state index contributed by atoms with van der Waals surface area (Å²) in [5.74, 6) is 0.793. The molecule has 4 nitrogen and oxygen atoms in total. The van der Waals surface area contributed by atoms with Gasteiger partial charge in [-0.3, -0.25) is 4.90 Å². The lowest BCUT2D eigenvalue weighted by molar-refractivity contribution is 0.312. The molecule has 4 heteroatoms. The Morgan fingerprint density at radius 2 is 2.29 bits per heavy atom. The number of nitrogens with one attached hydrogen (secondary N) is 1. The minimum Gasteiger partial charge on any atom is -0.322 e. The summed E-state index contributed by atoms with van der Waals surface area (Å²) in [6.45, 7) is 4.32. The maximum absolute atomic E-state index is 9.49.